The Bertz CT molecular complexity index is 1030. The van der Waals surface area contributed by atoms with E-state index in [-0.39, 0.29) is 36.4 Å². The van der Waals surface area contributed by atoms with Gasteiger partial charge < -0.3 is 14.5 Å². The first kappa shape index (κ1) is 18.9. The first-order valence-electron chi connectivity index (χ1n) is 10.4. The molecule has 30 heavy (non-hydrogen) atoms. The van der Waals surface area contributed by atoms with Crippen molar-refractivity contribution in [3.05, 3.63) is 59.7 Å². The van der Waals surface area contributed by atoms with Crippen molar-refractivity contribution in [2.45, 2.75) is 31.8 Å². The maximum absolute atomic E-state index is 13.2. The fourth-order valence-corrected chi connectivity index (χ4v) is 4.81. The zero-order valence-electron chi connectivity index (χ0n) is 17.0. The first-order valence-corrected chi connectivity index (χ1v) is 10.4. The molecule has 3 heterocycles. The summed E-state index contributed by atoms with van der Waals surface area (Å²) < 4.78 is 6.22. The molecule has 0 saturated carbocycles. The molecule has 154 valence electrons. The maximum Gasteiger partial charge on any atom is 0.228 e. The standard InChI is InChI=1S/C24H24N2O4/c1-16-6-8-18(9-7-16)26-14-17(12-22(26)28)23(29)25-11-10-24(15-25)13-20(27)19-4-2-3-5-21(19)30-24/h2-9,17H,10-15H2,1H3. The van der Waals surface area contributed by atoms with Crippen LogP contribution in [-0.2, 0) is 9.59 Å². The molecule has 3 aliphatic rings. The molecule has 2 aromatic rings. The number of hydrogen-bond acceptors (Lipinski definition) is 4. The van der Waals surface area contributed by atoms with E-state index in [4.69, 9.17) is 4.74 Å². The number of amides is 2. The number of carbonyl (C=O) groups is 3. The summed E-state index contributed by atoms with van der Waals surface area (Å²) in [7, 11) is 0. The van der Waals surface area contributed by atoms with Gasteiger partial charge in [-0.1, -0.05) is 29.8 Å². The highest BCUT2D eigenvalue weighted by molar-refractivity contribution is 6.01. The number of para-hydroxylation sites is 1. The number of rotatable bonds is 2. The molecule has 1 spiro atoms. The Kier molecular flexibility index (Phi) is 4.38. The van der Waals surface area contributed by atoms with Crippen molar-refractivity contribution < 1.29 is 19.1 Å². The number of Topliss-reactive ketones (excluding diaryl/α,β-unsaturated/α-hetero) is 1. The third kappa shape index (κ3) is 3.16. The highest BCUT2D eigenvalue weighted by Crippen LogP contribution is 2.39. The number of carbonyl (C=O) groups excluding carboxylic acids is 3. The molecule has 2 atom stereocenters. The molecule has 6 nitrogen and oxygen atoms in total. The molecule has 0 aromatic heterocycles. The first-order chi connectivity index (χ1) is 14.4. The predicted molar refractivity (Wildman–Crippen MR) is 112 cm³/mol. The number of nitrogens with zero attached hydrogens (tertiary/aromatic N) is 2. The van der Waals surface area contributed by atoms with Gasteiger partial charge in [-0.05, 0) is 31.2 Å². The van der Waals surface area contributed by atoms with Gasteiger partial charge in [0.15, 0.2) is 5.78 Å². The highest BCUT2D eigenvalue weighted by atomic mass is 16.5. The van der Waals surface area contributed by atoms with Gasteiger partial charge in [-0.2, -0.15) is 0 Å². The van der Waals surface area contributed by atoms with Crippen molar-refractivity contribution in [3.63, 3.8) is 0 Å². The van der Waals surface area contributed by atoms with Crippen LogP contribution in [0.15, 0.2) is 48.5 Å². The Hall–Kier alpha value is -3.15. The fourth-order valence-electron chi connectivity index (χ4n) is 4.81. The summed E-state index contributed by atoms with van der Waals surface area (Å²) in [6, 6.07) is 15.1. The van der Waals surface area contributed by atoms with Gasteiger partial charge in [0.05, 0.1) is 24.4 Å². The molecule has 0 aliphatic carbocycles. The molecule has 2 fully saturated rings. The molecular formula is C24H24N2O4. The minimum Gasteiger partial charge on any atom is -0.484 e. The van der Waals surface area contributed by atoms with Gasteiger partial charge >= 0.3 is 0 Å². The zero-order chi connectivity index (χ0) is 20.9. The molecule has 0 bridgehead atoms. The number of ether oxygens (including phenoxy) is 1. The van der Waals surface area contributed by atoms with Crippen molar-refractivity contribution in [1.29, 1.82) is 0 Å². The Labute approximate surface area is 175 Å². The van der Waals surface area contributed by atoms with E-state index in [0.717, 1.165) is 11.3 Å². The smallest absolute Gasteiger partial charge is 0.228 e. The van der Waals surface area contributed by atoms with Gasteiger partial charge in [0.1, 0.15) is 11.4 Å². The van der Waals surface area contributed by atoms with Crippen molar-refractivity contribution >= 4 is 23.3 Å². The fraction of sp³-hybridized carbons (Fsp3) is 0.375. The van der Waals surface area contributed by atoms with Crippen LogP contribution in [0, 0.1) is 12.8 Å². The van der Waals surface area contributed by atoms with E-state index < -0.39 is 5.60 Å². The number of anilines is 1. The summed E-state index contributed by atoms with van der Waals surface area (Å²) in [5, 5.41) is 0. The number of likely N-dealkylation sites (tertiary alicyclic amines) is 1. The van der Waals surface area contributed by atoms with E-state index in [9.17, 15) is 14.4 Å². The van der Waals surface area contributed by atoms with Crippen LogP contribution in [-0.4, -0.2) is 47.7 Å². The second-order valence-electron chi connectivity index (χ2n) is 8.63. The topological polar surface area (TPSA) is 66.9 Å². The third-order valence-corrected chi connectivity index (χ3v) is 6.44. The van der Waals surface area contributed by atoms with Crippen molar-refractivity contribution in [1.82, 2.24) is 4.90 Å². The molecular weight excluding hydrogens is 380 g/mol. The second-order valence-corrected chi connectivity index (χ2v) is 8.63. The van der Waals surface area contributed by atoms with Gasteiger partial charge in [0, 0.05) is 31.6 Å². The molecule has 6 heteroatoms. The Morgan fingerprint density at radius 1 is 1.10 bits per heavy atom. The largest absolute Gasteiger partial charge is 0.484 e. The van der Waals surface area contributed by atoms with E-state index in [1.807, 2.05) is 49.4 Å². The van der Waals surface area contributed by atoms with Crippen molar-refractivity contribution in [3.8, 4) is 5.75 Å². The van der Waals surface area contributed by atoms with Crippen LogP contribution >= 0.6 is 0 Å². The Balaban J connectivity index is 1.29. The van der Waals surface area contributed by atoms with Gasteiger partial charge in [-0.15, -0.1) is 0 Å². The molecule has 3 aliphatic heterocycles. The molecule has 2 saturated heterocycles. The lowest BCUT2D eigenvalue weighted by molar-refractivity contribution is -0.135. The van der Waals surface area contributed by atoms with Gasteiger partial charge in [-0.25, -0.2) is 0 Å². The summed E-state index contributed by atoms with van der Waals surface area (Å²) in [5.41, 5.74) is 1.92. The molecule has 2 unspecified atom stereocenters. The highest BCUT2D eigenvalue weighted by Gasteiger charge is 2.48. The summed E-state index contributed by atoms with van der Waals surface area (Å²) in [6.45, 7) is 3.33. The summed E-state index contributed by atoms with van der Waals surface area (Å²) >= 11 is 0. The van der Waals surface area contributed by atoms with E-state index in [2.05, 4.69) is 0 Å². The Morgan fingerprint density at radius 2 is 1.87 bits per heavy atom. The van der Waals surface area contributed by atoms with E-state index in [1.165, 1.54) is 0 Å². The average molecular weight is 404 g/mol. The quantitative estimate of drug-likeness (QED) is 0.772. The summed E-state index contributed by atoms with van der Waals surface area (Å²) in [5.74, 6) is 0.256. The number of aryl methyl sites for hydroxylation is 1. The minimum atomic E-state index is -0.652. The van der Waals surface area contributed by atoms with E-state index in [0.29, 0.717) is 37.4 Å². The van der Waals surface area contributed by atoms with Gasteiger partial charge in [0.2, 0.25) is 11.8 Å². The average Bonchev–Trinajstić information content (AvgIpc) is 3.32. The third-order valence-electron chi connectivity index (χ3n) is 6.44. The Morgan fingerprint density at radius 3 is 2.67 bits per heavy atom. The molecule has 2 aromatic carbocycles. The second kappa shape index (κ2) is 6.97. The number of ketones is 1. The predicted octanol–water partition coefficient (Wildman–Crippen LogP) is 2.98. The van der Waals surface area contributed by atoms with Crippen molar-refractivity contribution in [2.75, 3.05) is 24.5 Å². The lowest BCUT2D eigenvalue weighted by Crippen LogP contribution is -2.46. The van der Waals surface area contributed by atoms with Gasteiger partial charge in [-0.3, -0.25) is 14.4 Å². The van der Waals surface area contributed by atoms with Crippen LogP contribution in [0.4, 0.5) is 5.69 Å². The molecule has 5 rings (SSSR count). The van der Waals surface area contributed by atoms with Crippen LogP contribution in [0.5, 0.6) is 5.75 Å². The molecule has 0 radical (unpaired) electrons. The van der Waals surface area contributed by atoms with Crippen molar-refractivity contribution in [2.24, 2.45) is 5.92 Å². The van der Waals surface area contributed by atoms with Crippen LogP contribution < -0.4 is 9.64 Å². The number of hydrogen-bond donors (Lipinski definition) is 0. The zero-order valence-corrected chi connectivity index (χ0v) is 17.0. The van der Waals surface area contributed by atoms with Gasteiger partial charge in [0.25, 0.3) is 0 Å². The minimum absolute atomic E-state index is 0.0234. The SMILES string of the molecule is Cc1ccc(N2CC(C(=O)N3CCC4(CC(=O)c5ccccc5O4)C3)CC2=O)cc1. The molecule has 0 N–H and O–H groups in total. The lowest BCUT2D eigenvalue weighted by Gasteiger charge is -2.34. The van der Waals surface area contributed by atoms with Crippen LogP contribution in [0.25, 0.3) is 0 Å². The molecule has 2 amide bonds. The van der Waals surface area contributed by atoms with E-state index in [1.54, 1.807) is 15.9 Å². The number of benzene rings is 2. The van der Waals surface area contributed by atoms with Crippen LogP contribution in [0.3, 0.4) is 0 Å². The monoisotopic (exact) mass is 404 g/mol. The lowest BCUT2D eigenvalue weighted by atomic mass is 9.89. The summed E-state index contributed by atoms with van der Waals surface area (Å²) in [6.07, 6.45) is 1.13. The van der Waals surface area contributed by atoms with Crippen LogP contribution in [0.1, 0.15) is 35.2 Å². The van der Waals surface area contributed by atoms with E-state index >= 15 is 0 Å². The maximum atomic E-state index is 13.2. The van der Waals surface area contributed by atoms with Crippen LogP contribution in [0.2, 0.25) is 0 Å². The number of fused-ring (bicyclic) bond motifs is 1. The summed E-state index contributed by atoms with van der Waals surface area (Å²) in [4.78, 5) is 41.8. The normalized spacial score (nSPS) is 25.6.